The minimum atomic E-state index is 0.0409. The number of aromatic nitrogens is 1. The van der Waals surface area contributed by atoms with E-state index < -0.39 is 0 Å². The maximum absolute atomic E-state index is 12.0. The average Bonchev–Trinajstić information content (AvgIpc) is 2.67. The molecule has 1 amide bonds. The number of thioether (sulfide) groups is 1. The number of carbonyl (C=O) groups excluding carboxylic acids is 1. The molecule has 132 valence electrons. The van der Waals surface area contributed by atoms with Crippen LogP contribution in [0.15, 0.2) is 53.7 Å². The molecule has 0 spiro atoms. The number of pyridine rings is 1. The summed E-state index contributed by atoms with van der Waals surface area (Å²) in [7, 11) is 0. The Morgan fingerprint density at radius 1 is 1.08 bits per heavy atom. The molecule has 1 aliphatic heterocycles. The number of nitrogens with zero attached hydrogens (tertiary/aromatic N) is 2. The summed E-state index contributed by atoms with van der Waals surface area (Å²) in [5, 5.41) is 2.97. The largest absolute Gasteiger partial charge is 0.379 e. The summed E-state index contributed by atoms with van der Waals surface area (Å²) in [6.07, 6.45) is 3.47. The standard InChI is InChI=1S/C19H23N3O2S/c23-19(15-25-18-5-7-20-8-6-18)21-13-16-1-3-17(4-2-16)14-22-9-11-24-12-10-22/h1-8H,9-15H2,(H,21,23). The van der Waals surface area contributed by atoms with Gasteiger partial charge in [0.1, 0.15) is 0 Å². The number of morpholine rings is 1. The molecule has 25 heavy (non-hydrogen) atoms. The van der Waals surface area contributed by atoms with Crippen LogP contribution >= 0.6 is 11.8 Å². The van der Waals surface area contributed by atoms with Crippen LogP contribution in [0.3, 0.4) is 0 Å². The highest BCUT2D eigenvalue weighted by Crippen LogP contribution is 2.15. The van der Waals surface area contributed by atoms with Crippen LogP contribution in [-0.4, -0.2) is 47.8 Å². The molecular formula is C19H23N3O2S. The lowest BCUT2D eigenvalue weighted by atomic mass is 10.1. The van der Waals surface area contributed by atoms with Crippen molar-refractivity contribution >= 4 is 17.7 Å². The van der Waals surface area contributed by atoms with Crippen LogP contribution in [0.1, 0.15) is 11.1 Å². The fraction of sp³-hybridized carbons (Fsp3) is 0.368. The molecule has 0 bridgehead atoms. The molecule has 1 N–H and O–H groups in total. The first kappa shape index (κ1) is 17.9. The van der Waals surface area contributed by atoms with Gasteiger partial charge in [-0.25, -0.2) is 0 Å². The van der Waals surface area contributed by atoms with E-state index in [1.165, 1.54) is 17.3 Å². The van der Waals surface area contributed by atoms with Gasteiger partial charge in [0, 0.05) is 43.5 Å². The molecule has 1 aromatic carbocycles. The molecule has 1 aromatic heterocycles. The van der Waals surface area contributed by atoms with Gasteiger partial charge in [0.15, 0.2) is 0 Å². The summed E-state index contributed by atoms with van der Waals surface area (Å²) in [6, 6.07) is 12.3. The fourth-order valence-electron chi connectivity index (χ4n) is 2.62. The van der Waals surface area contributed by atoms with Gasteiger partial charge in [-0.05, 0) is 23.3 Å². The van der Waals surface area contributed by atoms with Crippen molar-refractivity contribution in [3.63, 3.8) is 0 Å². The van der Waals surface area contributed by atoms with Crippen LogP contribution in [0, 0.1) is 0 Å². The monoisotopic (exact) mass is 357 g/mol. The maximum Gasteiger partial charge on any atom is 0.230 e. The van der Waals surface area contributed by atoms with Crippen molar-refractivity contribution in [3.05, 3.63) is 59.9 Å². The lowest BCUT2D eigenvalue weighted by Gasteiger charge is -2.26. The number of nitrogens with one attached hydrogen (secondary N) is 1. The lowest BCUT2D eigenvalue weighted by molar-refractivity contribution is -0.118. The minimum Gasteiger partial charge on any atom is -0.379 e. The molecule has 2 aromatic rings. The molecule has 1 fully saturated rings. The second-order valence-corrected chi connectivity index (χ2v) is 7.00. The van der Waals surface area contributed by atoms with Crippen molar-refractivity contribution in [3.8, 4) is 0 Å². The van der Waals surface area contributed by atoms with Gasteiger partial charge < -0.3 is 10.1 Å². The first-order chi connectivity index (χ1) is 12.3. The number of ether oxygens (including phenoxy) is 1. The minimum absolute atomic E-state index is 0.0409. The van der Waals surface area contributed by atoms with Crippen molar-refractivity contribution in [2.75, 3.05) is 32.1 Å². The molecule has 0 saturated carbocycles. The van der Waals surface area contributed by atoms with Crippen LogP contribution in [0.4, 0.5) is 0 Å². The van der Waals surface area contributed by atoms with Crippen molar-refractivity contribution in [1.29, 1.82) is 0 Å². The average molecular weight is 357 g/mol. The van der Waals surface area contributed by atoms with E-state index in [9.17, 15) is 4.79 Å². The number of amides is 1. The molecular weight excluding hydrogens is 334 g/mol. The highest BCUT2D eigenvalue weighted by molar-refractivity contribution is 8.00. The Balaban J connectivity index is 1.39. The molecule has 1 aliphatic rings. The summed E-state index contributed by atoms with van der Waals surface area (Å²) in [4.78, 5) is 19.4. The van der Waals surface area contributed by atoms with Gasteiger partial charge >= 0.3 is 0 Å². The number of hydrogen-bond acceptors (Lipinski definition) is 5. The van der Waals surface area contributed by atoms with Crippen molar-refractivity contribution < 1.29 is 9.53 Å². The van der Waals surface area contributed by atoms with Gasteiger partial charge in [-0.3, -0.25) is 14.7 Å². The second-order valence-electron chi connectivity index (χ2n) is 5.95. The third-order valence-electron chi connectivity index (χ3n) is 4.04. The second kappa shape index (κ2) is 9.56. The normalized spacial score (nSPS) is 15.0. The van der Waals surface area contributed by atoms with E-state index in [1.54, 1.807) is 12.4 Å². The Morgan fingerprint density at radius 2 is 1.76 bits per heavy atom. The van der Waals surface area contributed by atoms with Gasteiger partial charge in [0.2, 0.25) is 5.91 Å². The molecule has 2 heterocycles. The molecule has 1 saturated heterocycles. The number of rotatable bonds is 7. The van der Waals surface area contributed by atoms with Gasteiger partial charge in [-0.15, -0.1) is 11.8 Å². The van der Waals surface area contributed by atoms with Gasteiger partial charge in [0.25, 0.3) is 0 Å². The van der Waals surface area contributed by atoms with E-state index in [2.05, 4.69) is 39.5 Å². The van der Waals surface area contributed by atoms with Crippen molar-refractivity contribution in [2.45, 2.75) is 18.0 Å². The number of benzene rings is 1. The predicted molar refractivity (Wildman–Crippen MR) is 99.3 cm³/mol. The van der Waals surface area contributed by atoms with Crippen LogP contribution in [0.5, 0.6) is 0 Å². The third kappa shape index (κ3) is 6.16. The summed E-state index contributed by atoms with van der Waals surface area (Å²) < 4.78 is 5.37. The topological polar surface area (TPSA) is 54.5 Å². The zero-order valence-corrected chi connectivity index (χ0v) is 15.0. The van der Waals surface area contributed by atoms with Crippen LogP contribution in [0.2, 0.25) is 0 Å². The SMILES string of the molecule is O=C(CSc1ccncc1)NCc1ccc(CN2CCOCC2)cc1. The molecule has 0 unspecified atom stereocenters. The lowest BCUT2D eigenvalue weighted by Crippen LogP contribution is -2.35. The predicted octanol–water partition coefficient (Wildman–Crippen LogP) is 2.32. The number of hydrogen-bond donors (Lipinski definition) is 1. The Bertz CT molecular complexity index is 658. The van der Waals surface area contributed by atoms with Crippen LogP contribution in [0.25, 0.3) is 0 Å². The summed E-state index contributed by atoms with van der Waals surface area (Å²) in [6.45, 7) is 5.15. The molecule has 5 nitrogen and oxygen atoms in total. The molecule has 0 atom stereocenters. The van der Waals surface area contributed by atoms with E-state index in [4.69, 9.17) is 4.74 Å². The number of carbonyl (C=O) groups is 1. The van der Waals surface area contributed by atoms with Crippen LogP contribution in [-0.2, 0) is 22.6 Å². The Hall–Kier alpha value is -1.89. The van der Waals surface area contributed by atoms with E-state index in [1.807, 2.05) is 12.1 Å². The molecule has 6 heteroatoms. The van der Waals surface area contributed by atoms with Crippen LogP contribution < -0.4 is 5.32 Å². The molecule has 3 rings (SSSR count). The van der Waals surface area contributed by atoms with Crippen molar-refractivity contribution in [1.82, 2.24) is 15.2 Å². The fourth-order valence-corrected chi connectivity index (χ4v) is 3.33. The summed E-state index contributed by atoms with van der Waals surface area (Å²) >= 11 is 1.52. The maximum atomic E-state index is 12.0. The Kier molecular flexibility index (Phi) is 6.85. The van der Waals surface area contributed by atoms with E-state index in [0.717, 1.165) is 43.3 Å². The first-order valence-electron chi connectivity index (χ1n) is 8.47. The highest BCUT2D eigenvalue weighted by Gasteiger charge is 2.10. The summed E-state index contributed by atoms with van der Waals surface area (Å²) in [5.41, 5.74) is 2.42. The highest BCUT2D eigenvalue weighted by atomic mass is 32.2. The third-order valence-corrected chi connectivity index (χ3v) is 5.05. The molecule has 0 aliphatic carbocycles. The zero-order chi connectivity index (χ0) is 17.3. The van der Waals surface area contributed by atoms with E-state index in [-0.39, 0.29) is 5.91 Å². The quantitative estimate of drug-likeness (QED) is 0.771. The smallest absolute Gasteiger partial charge is 0.230 e. The summed E-state index contributed by atoms with van der Waals surface area (Å²) in [5.74, 6) is 0.457. The molecule has 0 radical (unpaired) electrons. The Labute approximate surface area is 152 Å². The van der Waals surface area contributed by atoms with E-state index >= 15 is 0 Å². The zero-order valence-electron chi connectivity index (χ0n) is 14.2. The van der Waals surface area contributed by atoms with Crippen molar-refractivity contribution in [2.24, 2.45) is 0 Å². The Morgan fingerprint density at radius 3 is 2.48 bits per heavy atom. The van der Waals surface area contributed by atoms with Gasteiger partial charge in [-0.2, -0.15) is 0 Å². The van der Waals surface area contributed by atoms with E-state index in [0.29, 0.717) is 12.3 Å². The van der Waals surface area contributed by atoms with Gasteiger partial charge in [-0.1, -0.05) is 24.3 Å². The van der Waals surface area contributed by atoms with Gasteiger partial charge in [0.05, 0.1) is 19.0 Å². The first-order valence-corrected chi connectivity index (χ1v) is 9.45.